The highest BCUT2D eigenvalue weighted by Gasteiger charge is 2.21. The maximum atomic E-state index is 11.1. The Hall–Kier alpha value is -3.76. The minimum Gasteiger partial charge on any atom is -0.481 e. The molecule has 0 radical (unpaired) electrons. The van der Waals surface area contributed by atoms with Gasteiger partial charge in [0.25, 0.3) is 0 Å². The molecule has 220 valence electrons. The fourth-order valence-electron chi connectivity index (χ4n) is 3.64. The number of carboxylic acids is 2. The summed E-state index contributed by atoms with van der Waals surface area (Å²) in [6.07, 6.45) is 5.65. The molecule has 40 heavy (non-hydrogen) atoms. The molecule has 0 aliphatic carbocycles. The van der Waals surface area contributed by atoms with Crippen LogP contribution in [0.4, 0.5) is 0 Å². The summed E-state index contributed by atoms with van der Waals surface area (Å²) in [5, 5.41) is 20.4. The topological polar surface area (TPSA) is 134 Å². The van der Waals surface area contributed by atoms with E-state index in [1.165, 1.54) is 0 Å². The molecule has 0 unspecified atom stereocenters. The first-order valence-corrected chi connectivity index (χ1v) is 13.6. The number of rotatable bonds is 20. The van der Waals surface area contributed by atoms with Gasteiger partial charge >= 0.3 is 11.9 Å². The van der Waals surface area contributed by atoms with Crippen molar-refractivity contribution in [1.82, 2.24) is 10.1 Å². The van der Waals surface area contributed by atoms with Gasteiger partial charge in [-0.1, -0.05) is 100 Å². The Morgan fingerprint density at radius 2 is 1.05 bits per heavy atom. The van der Waals surface area contributed by atoms with Gasteiger partial charge in [-0.3, -0.25) is 28.9 Å². The lowest BCUT2D eigenvalue weighted by atomic mass is 10.0. The van der Waals surface area contributed by atoms with E-state index in [0.717, 1.165) is 46.9 Å². The maximum absolute atomic E-state index is 11.1. The summed E-state index contributed by atoms with van der Waals surface area (Å²) in [7, 11) is 0. The zero-order valence-electron chi connectivity index (χ0n) is 23.4. The molecule has 0 aliphatic heterocycles. The number of aliphatic carboxylic acids is 2. The van der Waals surface area contributed by atoms with Crippen molar-refractivity contribution in [1.29, 1.82) is 0 Å². The van der Waals surface area contributed by atoms with E-state index >= 15 is 0 Å². The number of unbranched alkanes of at least 4 members (excludes halogenated alkanes) is 2. The Morgan fingerprint density at radius 3 is 1.32 bits per heavy atom. The van der Waals surface area contributed by atoms with Gasteiger partial charge in [0.15, 0.2) is 0 Å². The highest BCUT2D eigenvalue weighted by atomic mass is 16.7. The molecule has 2 rings (SSSR count). The number of amides is 2. The van der Waals surface area contributed by atoms with Gasteiger partial charge in [-0.25, -0.2) is 10.1 Å². The maximum Gasteiger partial charge on any atom is 0.308 e. The smallest absolute Gasteiger partial charge is 0.308 e. The first-order chi connectivity index (χ1) is 19.3. The van der Waals surface area contributed by atoms with Crippen molar-refractivity contribution in [2.45, 2.75) is 65.6 Å². The lowest BCUT2D eigenvalue weighted by Gasteiger charge is -2.21. The lowest BCUT2D eigenvalue weighted by molar-refractivity contribution is -0.184. The minimum absolute atomic E-state index is 0.0751. The van der Waals surface area contributed by atoms with Crippen molar-refractivity contribution >= 4 is 24.8 Å². The molecule has 2 aromatic rings. The van der Waals surface area contributed by atoms with E-state index in [0.29, 0.717) is 25.7 Å². The Bertz CT molecular complexity index is 895. The van der Waals surface area contributed by atoms with Gasteiger partial charge in [-0.2, -0.15) is 0 Å². The molecule has 0 aliphatic rings. The molecule has 0 fully saturated rings. The number of hydrogen-bond acceptors (Lipinski definition) is 6. The monoisotopic (exact) mass is 558 g/mol. The third-order valence-corrected chi connectivity index (χ3v) is 6.03. The van der Waals surface area contributed by atoms with Gasteiger partial charge in [0, 0.05) is 0 Å². The Kier molecular flexibility index (Phi) is 18.1. The molecule has 0 saturated heterocycles. The minimum atomic E-state index is -0.895. The summed E-state index contributed by atoms with van der Waals surface area (Å²) in [5.41, 5.74) is 1.86. The van der Waals surface area contributed by atoms with E-state index in [1.54, 1.807) is 0 Å². The first-order valence-electron chi connectivity index (χ1n) is 13.6. The van der Waals surface area contributed by atoms with Crippen LogP contribution >= 0.6 is 0 Å². The van der Waals surface area contributed by atoms with Crippen LogP contribution in [0.1, 0.15) is 63.5 Å². The van der Waals surface area contributed by atoms with Crippen molar-refractivity contribution in [2.24, 2.45) is 11.8 Å². The number of hydrogen-bond donors (Lipinski definition) is 2. The third kappa shape index (κ3) is 15.0. The van der Waals surface area contributed by atoms with Crippen LogP contribution in [0.2, 0.25) is 0 Å². The van der Waals surface area contributed by atoms with Crippen molar-refractivity contribution in [3.8, 4) is 0 Å². The number of nitrogens with zero attached hydrogens (tertiary/aromatic N) is 2. The number of hydroxylamine groups is 4. The largest absolute Gasteiger partial charge is 0.481 e. The van der Waals surface area contributed by atoms with E-state index in [9.17, 15) is 19.2 Å². The van der Waals surface area contributed by atoms with E-state index in [-0.39, 0.29) is 26.3 Å². The SMILES string of the molecule is CCCC[C@H](CN(C=O)OCc1ccccc1)C(=O)O.CCCC[C@H](CN(C=O)OCc1ccccc1)C(=O)O. The molecule has 0 heterocycles. The zero-order chi connectivity index (χ0) is 29.6. The van der Waals surface area contributed by atoms with Gasteiger partial charge in [-0.05, 0) is 24.0 Å². The molecule has 10 heteroatoms. The van der Waals surface area contributed by atoms with Crippen LogP contribution in [0.25, 0.3) is 0 Å². The Balaban J connectivity index is 0.000000400. The van der Waals surface area contributed by atoms with E-state index in [2.05, 4.69) is 0 Å². The molecule has 0 bridgehead atoms. The molecule has 2 atom stereocenters. The lowest BCUT2D eigenvalue weighted by Crippen LogP contribution is -2.32. The number of benzene rings is 2. The van der Waals surface area contributed by atoms with Gasteiger partial charge in [0.2, 0.25) is 12.8 Å². The quantitative estimate of drug-likeness (QED) is 0.173. The molecule has 2 N–H and O–H groups in total. The summed E-state index contributed by atoms with van der Waals surface area (Å²) in [5.74, 6) is -2.96. The highest BCUT2D eigenvalue weighted by Crippen LogP contribution is 2.13. The van der Waals surface area contributed by atoms with Crippen LogP contribution in [-0.2, 0) is 42.1 Å². The number of carbonyl (C=O) groups is 4. The second kappa shape index (κ2) is 21.1. The molecule has 0 aromatic heterocycles. The van der Waals surface area contributed by atoms with Crippen LogP contribution in [0.3, 0.4) is 0 Å². The number of carboxylic acid groups (broad SMARTS) is 2. The fourth-order valence-corrected chi connectivity index (χ4v) is 3.64. The molecule has 2 amide bonds. The first kappa shape index (κ1) is 34.3. The van der Waals surface area contributed by atoms with Crippen molar-refractivity contribution in [2.75, 3.05) is 13.1 Å². The second-order valence-corrected chi connectivity index (χ2v) is 9.28. The van der Waals surface area contributed by atoms with Crippen molar-refractivity contribution in [3.63, 3.8) is 0 Å². The number of carbonyl (C=O) groups excluding carboxylic acids is 2. The summed E-state index contributed by atoms with van der Waals surface area (Å²) >= 11 is 0. The fraction of sp³-hybridized carbons (Fsp3) is 0.467. The average molecular weight is 559 g/mol. The van der Waals surface area contributed by atoms with Gasteiger partial charge in [0.1, 0.15) is 13.2 Å². The molecule has 10 nitrogen and oxygen atoms in total. The Labute approximate surface area is 236 Å². The second-order valence-electron chi connectivity index (χ2n) is 9.28. The van der Waals surface area contributed by atoms with Crippen LogP contribution in [0, 0.1) is 11.8 Å². The van der Waals surface area contributed by atoms with Crippen LogP contribution in [-0.4, -0.2) is 58.2 Å². The van der Waals surface area contributed by atoms with E-state index < -0.39 is 23.8 Å². The molecule has 2 aromatic carbocycles. The molecular weight excluding hydrogens is 516 g/mol. The highest BCUT2D eigenvalue weighted by molar-refractivity contribution is 5.71. The normalized spacial score (nSPS) is 11.8. The van der Waals surface area contributed by atoms with Gasteiger partial charge in [0.05, 0.1) is 24.9 Å². The van der Waals surface area contributed by atoms with Gasteiger partial charge in [-0.15, -0.1) is 0 Å². The van der Waals surface area contributed by atoms with Crippen LogP contribution < -0.4 is 0 Å². The zero-order valence-corrected chi connectivity index (χ0v) is 23.4. The van der Waals surface area contributed by atoms with Crippen LogP contribution in [0.5, 0.6) is 0 Å². The standard InChI is InChI=1S/2C15H21NO4/c2*1-2-3-9-14(15(18)19)10-16(12-17)20-11-13-7-5-4-6-8-13/h2*4-8,12,14H,2-3,9-11H2,1H3,(H,18,19)/t2*14-/m11/s1. The molecule has 0 saturated carbocycles. The van der Waals surface area contributed by atoms with Crippen molar-refractivity contribution < 1.29 is 39.1 Å². The van der Waals surface area contributed by atoms with Crippen LogP contribution in [0.15, 0.2) is 60.7 Å². The third-order valence-electron chi connectivity index (χ3n) is 6.03. The van der Waals surface area contributed by atoms with E-state index in [1.807, 2.05) is 74.5 Å². The van der Waals surface area contributed by atoms with E-state index in [4.69, 9.17) is 19.9 Å². The summed E-state index contributed by atoms with van der Waals surface area (Å²) in [6, 6.07) is 18.8. The predicted octanol–water partition coefficient (Wildman–Crippen LogP) is 4.94. The molecule has 0 spiro atoms. The summed E-state index contributed by atoms with van der Waals surface area (Å²) in [6.45, 7) is 4.65. The molecular formula is C30H42N2O8. The summed E-state index contributed by atoms with van der Waals surface area (Å²) < 4.78 is 0. The predicted molar refractivity (Wildman–Crippen MR) is 149 cm³/mol. The van der Waals surface area contributed by atoms with Crippen molar-refractivity contribution in [3.05, 3.63) is 71.8 Å². The van der Waals surface area contributed by atoms with Gasteiger partial charge < -0.3 is 10.2 Å². The average Bonchev–Trinajstić information content (AvgIpc) is 2.97. The Morgan fingerprint density at radius 1 is 0.700 bits per heavy atom. The summed E-state index contributed by atoms with van der Waals surface area (Å²) in [4.78, 5) is 54.9.